The van der Waals surface area contributed by atoms with Gasteiger partial charge in [0.1, 0.15) is 5.76 Å². The highest BCUT2D eigenvalue weighted by molar-refractivity contribution is 5.04. The van der Waals surface area contributed by atoms with E-state index >= 15 is 0 Å². The number of nitrogens with one attached hydrogen (secondary N) is 1. The number of rotatable bonds is 2. The quantitative estimate of drug-likeness (QED) is 0.775. The van der Waals surface area contributed by atoms with Gasteiger partial charge in [-0.05, 0) is 26.0 Å². The van der Waals surface area contributed by atoms with Gasteiger partial charge in [-0.15, -0.1) is 0 Å². The second-order valence-corrected chi connectivity index (χ2v) is 4.04. The van der Waals surface area contributed by atoms with Crippen molar-refractivity contribution in [2.45, 2.75) is 25.9 Å². The van der Waals surface area contributed by atoms with Crippen molar-refractivity contribution >= 4 is 0 Å². The first kappa shape index (κ1) is 9.74. The van der Waals surface area contributed by atoms with Gasteiger partial charge < -0.3 is 9.73 Å². The summed E-state index contributed by atoms with van der Waals surface area (Å²) >= 11 is 0. The second-order valence-electron chi connectivity index (χ2n) is 4.04. The number of piperazine rings is 1. The van der Waals surface area contributed by atoms with E-state index < -0.39 is 0 Å². The summed E-state index contributed by atoms with van der Waals surface area (Å²) in [4.78, 5) is 2.46. The third-order valence-electron chi connectivity index (χ3n) is 2.90. The molecule has 2 atom stereocenters. The molecule has 1 aromatic heterocycles. The highest BCUT2D eigenvalue weighted by Gasteiger charge is 2.22. The molecule has 1 saturated heterocycles. The normalized spacial score (nSPS) is 26.3. The molecule has 0 aromatic carbocycles. The van der Waals surface area contributed by atoms with Crippen molar-refractivity contribution in [2.24, 2.45) is 0 Å². The topological polar surface area (TPSA) is 28.4 Å². The molecule has 2 rings (SSSR count). The molecular formula is C11H18N2O. The van der Waals surface area contributed by atoms with E-state index in [0.717, 1.165) is 25.4 Å². The van der Waals surface area contributed by atoms with Crippen LogP contribution in [0.3, 0.4) is 0 Å². The van der Waals surface area contributed by atoms with Crippen molar-refractivity contribution in [2.75, 3.05) is 19.6 Å². The summed E-state index contributed by atoms with van der Waals surface area (Å²) in [5.41, 5.74) is 0. The van der Waals surface area contributed by atoms with Crippen molar-refractivity contribution in [1.82, 2.24) is 10.2 Å². The summed E-state index contributed by atoms with van der Waals surface area (Å²) in [7, 11) is 0. The molecule has 0 spiro atoms. The molecule has 2 heterocycles. The van der Waals surface area contributed by atoms with Crippen LogP contribution < -0.4 is 5.32 Å². The number of nitrogens with zero attached hydrogens (tertiary/aromatic N) is 1. The lowest BCUT2D eigenvalue weighted by molar-refractivity contribution is 0.143. The van der Waals surface area contributed by atoms with Crippen LogP contribution in [0, 0.1) is 0 Å². The Hall–Kier alpha value is -0.800. The SMILES string of the molecule is CC1CN(C(C)c2ccco2)CCN1. The molecule has 0 saturated carbocycles. The Morgan fingerprint density at radius 1 is 1.64 bits per heavy atom. The first-order valence-electron chi connectivity index (χ1n) is 5.28. The molecule has 0 amide bonds. The molecule has 0 bridgehead atoms. The highest BCUT2D eigenvalue weighted by atomic mass is 16.3. The van der Waals surface area contributed by atoms with Gasteiger partial charge in [-0.25, -0.2) is 0 Å². The van der Waals surface area contributed by atoms with E-state index in [1.54, 1.807) is 6.26 Å². The first-order valence-corrected chi connectivity index (χ1v) is 5.28. The molecule has 1 fully saturated rings. The van der Waals surface area contributed by atoms with Gasteiger partial charge in [0.25, 0.3) is 0 Å². The van der Waals surface area contributed by atoms with Crippen LogP contribution in [0.5, 0.6) is 0 Å². The minimum Gasteiger partial charge on any atom is -0.468 e. The average molecular weight is 194 g/mol. The van der Waals surface area contributed by atoms with Crippen LogP contribution in [0.25, 0.3) is 0 Å². The van der Waals surface area contributed by atoms with Crippen LogP contribution in [0.1, 0.15) is 25.6 Å². The van der Waals surface area contributed by atoms with Gasteiger partial charge in [-0.3, -0.25) is 4.90 Å². The average Bonchev–Trinajstić information content (AvgIpc) is 2.69. The number of hydrogen-bond acceptors (Lipinski definition) is 3. The van der Waals surface area contributed by atoms with Crippen LogP contribution in [-0.2, 0) is 0 Å². The minimum atomic E-state index is 0.398. The summed E-state index contributed by atoms with van der Waals surface area (Å²) < 4.78 is 5.42. The molecule has 3 nitrogen and oxygen atoms in total. The summed E-state index contributed by atoms with van der Waals surface area (Å²) in [6, 6.07) is 4.99. The molecule has 1 N–H and O–H groups in total. The predicted molar refractivity (Wildman–Crippen MR) is 56.2 cm³/mol. The van der Waals surface area contributed by atoms with Crippen molar-refractivity contribution in [3.05, 3.63) is 24.2 Å². The fourth-order valence-corrected chi connectivity index (χ4v) is 2.02. The predicted octanol–water partition coefficient (Wildman–Crippen LogP) is 1.63. The lowest BCUT2D eigenvalue weighted by Gasteiger charge is -2.35. The zero-order valence-corrected chi connectivity index (χ0v) is 8.86. The maximum absolute atomic E-state index is 5.42. The second kappa shape index (κ2) is 4.15. The molecule has 1 aliphatic rings. The Morgan fingerprint density at radius 3 is 3.14 bits per heavy atom. The zero-order valence-electron chi connectivity index (χ0n) is 8.86. The smallest absolute Gasteiger partial charge is 0.120 e. The van der Waals surface area contributed by atoms with E-state index in [0.29, 0.717) is 12.1 Å². The highest BCUT2D eigenvalue weighted by Crippen LogP contribution is 2.21. The zero-order chi connectivity index (χ0) is 9.97. The Morgan fingerprint density at radius 2 is 2.50 bits per heavy atom. The molecule has 2 unspecified atom stereocenters. The van der Waals surface area contributed by atoms with Crippen molar-refractivity contribution in [3.63, 3.8) is 0 Å². The van der Waals surface area contributed by atoms with Crippen LogP contribution >= 0.6 is 0 Å². The standard InChI is InChI=1S/C11H18N2O/c1-9-8-13(6-5-12-9)10(2)11-4-3-7-14-11/h3-4,7,9-10,12H,5-6,8H2,1-2H3. The molecule has 0 radical (unpaired) electrons. The summed E-state index contributed by atoms with van der Waals surface area (Å²) in [6.07, 6.45) is 1.75. The Balaban J connectivity index is 2.00. The van der Waals surface area contributed by atoms with E-state index in [-0.39, 0.29) is 0 Å². The largest absolute Gasteiger partial charge is 0.468 e. The number of hydrogen-bond donors (Lipinski definition) is 1. The molecule has 14 heavy (non-hydrogen) atoms. The van der Waals surface area contributed by atoms with Crippen LogP contribution in [-0.4, -0.2) is 30.6 Å². The first-order chi connectivity index (χ1) is 6.77. The third kappa shape index (κ3) is 1.99. The summed E-state index contributed by atoms with van der Waals surface area (Å²) in [6.45, 7) is 7.71. The van der Waals surface area contributed by atoms with Crippen molar-refractivity contribution in [1.29, 1.82) is 0 Å². The van der Waals surface area contributed by atoms with Crippen molar-refractivity contribution < 1.29 is 4.42 Å². The van der Waals surface area contributed by atoms with Gasteiger partial charge >= 0.3 is 0 Å². The maximum atomic E-state index is 5.42. The summed E-state index contributed by atoms with van der Waals surface area (Å²) in [5, 5.41) is 3.44. The van der Waals surface area contributed by atoms with Gasteiger partial charge in [-0.2, -0.15) is 0 Å². The molecule has 1 aliphatic heterocycles. The molecule has 78 valence electrons. The van der Waals surface area contributed by atoms with E-state index in [1.165, 1.54) is 0 Å². The van der Waals surface area contributed by atoms with E-state index in [4.69, 9.17) is 4.42 Å². The van der Waals surface area contributed by atoms with E-state index in [2.05, 4.69) is 30.1 Å². The van der Waals surface area contributed by atoms with Crippen molar-refractivity contribution in [3.8, 4) is 0 Å². The summed E-state index contributed by atoms with van der Waals surface area (Å²) in [5.74, 6) is 1.07. The van der Waals surface area contributed by atoms with Gasteiger partial charge in [0.15, 0.2) is 0 Å². The van der Waals surface area contributed by atoms with E-state index in [9.17, 15) is 0 Å². The molecule has 1 aromatic rings. The minimum absolute atomic E-state index is 0.398. The monoisotopic (exact) mass is 194 g/mol. The van der Waals surface area contributed by atoms with Crippen LogP contribution in [0.4, 0.5) is 0 Å². The molecular weight excluding hydrogens is 176 g/mol. The molecule has 3 heteroatoms. The lowest BCUT2D eigenvalue weighted by atomic mass is 10.1. The van der Waals surface area contributed by atoms with Gasteiger partial charge in [-0.1, -0.05) is 0 Å². The lowest BCUT2D eigenvalue weighted by Crippen LogP contribution is -2.49. The fraction of sp³-hybridized carbons (Fsp3) is 0.636. The Bertz CT molecular complexity index is 271. The Labute approximate surface area is 85.1 Å². The Kier molecular flexibility index (Phi) is 2.89. The van der Waals surface area contributed by atoms with Crippen LogP contribution in [0.15, 0.2) is 22.8 Å². The van der Waals surface area contributed by atoms with E-state index in [1.807, 2.05) is 6.07 Å². The van der Waals surface area contributed by atoms with Gasteiger partial charge in [0.2, 0.25) is 0 Å². The fourth-order valence-electron chi connectivity index (χ4n) is 2.02. The van der Waals surface area contributed by atoms with Gasteiger partial charge in [0.05, 0.1) is 12.3 Å². The molecule has 0 aliphatic carbocycles. The van der Waals surface area contributed by atoms with Crippen LogP contribution in [0.2, 0.25) is 0 Å². The van der Waals surface area contributed by atoms with Gasteiger partial charge in [0, 0.05) is 25.7 Å². The third-order valence-corrected chi connectivity index (χ3v) is 2.90. The number of furan rings is 1. The maximum Gasteiger partial charge on any atom is 0.120 e.